The molecule has 0 N–H and O–H groups in total. The quantitative estimate of drug-likeness (QED) is 0.743. The van der Waals surface area contributed by atoms with Crippen LogP contribution in [0, 0.1) is 5.92 Å². The SMILES string of the molecule is COC(=O)C1CC2CCCCC2N1C(=O)C1=Cc2cc(Cl)ccc2OC1. The molecule has 1 saturated carbocycles. The van der Waals surface area contributed by atoms with Crippen LogP contribution in [0.25, 0.3) is 6.08 Å². The Hall–Kier alpha value is -2.01. The van der Waals surface area contributed by atoms with E-state index in [0.717, 1.165) is 31.2 Å². The smallest absolute Gasteiger partial charge is 0.328 e. The molecular formula is C20H22ClNO4. The predicted octanol–water partition coefficient (Wildman–Crippen LogP) is 3.45. The van der Waals surface area contributed by atoms with Crippen molar-refractivity contribution >= 4 is 29.6 Å². The fourth-order valence-corrected chi connectivity index (χ4v) is 4.72. The van der Waals surface area contributed by atoms with E-state index in [-0.39, 0.29) is 24.5 Å². The highest BCUT2D eigenvalue weighted by Crippen LogP contribution is 2.41. The molecule has 0 spiro atoms. The van der Waals surface area contributed by atoms with Gasteiger partial charge in [-0.05, 0) is 49.5 Å². The number of likely N-dealkylation sites (tertiary alicyclic amines) is 1. The predicted molar refractivity (Wildman–Crippen MR) is 97.9 cm³/mol. The van der Waals surface area contributed by atoms with Crippen molar-refractivity contribution in [3.8, 4) is 5.75 Å². The first-order valence-electron chi connectivity index (χ1n) is 9.12. The van der Waals surface area contributed by atoms with Gasteiger partial charge < -0.3 is 14.4 Å². The van der Waals surface area contributed by atoms with Gasteiger partial charge in [0.05, 0.1) is 12.7 Å². The highest BCUT2D eigenvalue weighted by atomic mass is 35.5. The van der Waals surface area contributed by atoms with Gasteiger partial charge >= 0.3 is 5.97 Å². The molecule has 1 amide bonds. The minimum atomic E-state index is -0.498. The van der Waals surface area contributed by atoms with Crippen LogP contribution in [0.5, 0.6) is 5.75 Å². The Morgan fingerprint density at radius 3 is 2.88 bits per heavy atom. The highest BCUT2D eigenvalue weighted by molar-refractivity contribution is 6.30. The van der Waals surface area contributed by atoms with Gasteiger partial charge in [-0.2, -0.15) is 0 Å². The molecule has 0 radical (unpaired) electrons. The van der Waals surface area contributed by atoms with Crippen LogP contribution in [-0.4, -0.2) is 42.6 Å². The van der Waals surface area contributed by atoms with E-state index in [4.69, 9.17) is 21.1 Å². The zero-order valence-corrected chi connectivity index (χ0v) is 15.5. The number of benzene rings is 1. The maximum Gasteiger partial charge on any atom is 0.328 e. The molecule has 3 aliphatic rings. The molecule has 4 rings (SSSR count). The number of hydrogen-bond donors (Lipinski definition) is 0. The van der Waals surface area contributed by atoms with Gasteiger partial charge in [-0.25, -0.2) is 4.79 Å². The number of hydrogen-bond acceptors (Lipinski definition) is 4. The van der Waals surface area contributed by atoms with Gasteiger partial charge in [0, 0.05) is 16.6 Å². The lowest BCUT2D eigenvalue weighted by Gasteiger charge is -2.34. The summed E-state index contributed by atoms with van der Waals surface area (Å²) in [5.41, 5.74) is 1.35. The second-order valence-electron chi connectivity index (χ2n) is 7.24. The van der Waals surface area contributed by atoms with E-state index >= 15 is 0 Å². The molecule has 138 valence electrons. The van der Waals surface area contributed by atoms with Crippen LogP contribution >= 0.6 is 11.6 Å². The van der Waals surface area contributed by atoms with Crippen molar-refractivity contribution in [2.75, 3.05) is 13.7 Å². The van der Waals surface area contributed by atoms with Crippen molar-refractivity contribution in [2.24, 2.45) is 5.92 Å². The number of halogens is 1. The van der Waals surface area contributed by atoms with Gasteiger partial charge in [0.15, 0.2) is 0 Å². The third-order valence-electron chi connectivity index (χ3n) is 5.76. The summed E-state index contributed by atoms with van der Waals surface area (Å²) in [7, 11) is 1.38. The van der Waals surface area contributed by atoms with E-state index in [2.05, 4.69) is 0 Å². The number of rotatable bonds is 2. The Balaban J connectivity index is 1.66. The van der Waals surface area contributed by atoms with Crippen LogP contribution in [0.15, 0.2) is 23.8 Å². The molecule has 2 fully saturated rings. The molecule has 5 nitrogen and oxygen atoms in total. The van der Waals surface area contributed by atoms with Crippen molar-refractivity contribution in [3.63, 3.8) is 0 Å². The fraction of sp³-hybridized carbons (Fsp3) is 0.500. The van der Waals surface area contributed by atoms with E-state index in [1.54, 1.807) is 23.1 Å². The average molecular weight is 376 g/mol. The summed E-state index contributed by atoms with van der Waals surface area (Å²) in [4.78, 5) is 27.4. The first kappa shape index (κ1) is 17.4. The van der Waals surface area contributed by atoms with E-state index in [1.807, 2.05) is 6.08 Å². The van der Waals surface area contributed by atoms with Gasteiger partial charge in [0.2, 0.25) is 0 Å². The molecule has 1 aromatic rings. The Morgan fingerprint density at radius 1 is 1.27 bits per heavy atom. The minimum Gasteiger partial charge on any atom is -0.488 e. The van der Waals surface area contributed by atoms with E-state index in [9.17, 15) is 9.59 Å². The van der Waals surface area contributed by atoms with Crippen LogP contribution in [-0.2, 0) is 14.3 Å². The summed E-state index contributed by atoms with van der Waals surface area (Å²) in [5.74, 6) is 0.644. The van der Waals surface area contributed by atoms with Crippen molar-refractivity contribution in [2.45, 2.75) is 44.2 Å². The van der Waals surface area contributed by atoms with Crippen LogP contribution < -0.4 is 4.74 Å². The third-order valence-corrected chi connectivity index (χ3v) is 5.99. The zero-order valence-electron chi connectivity index (χ0n) is 14.7. The summed E-state index contributed by atoms with van der Waals surface area (Å²) in [5, 5.41) is 0.596. The topological polar surface area (TPSA) is 55.8 Å². The summed E-state index contributed by atoms with van der Waals surface area (Å²) in [6, 6.07) is 4.97. The standard InChI is InChI=1S/C20H22ClNO4/c1-25-20(24)17-10-12-4-2-3-5-16(12)22(17)19(23)14-8-13-9-15(21)6-7-18(13)26-11-14/h6-9,12,16-17H,2-5,10-11H2,1H3. The molecule has 0 aromatic heterocycles. The molecule has 1 saturated heterocycles. The summed E-state index contributed by atoms with van der Waals surface area (Å²) in [6.45, 7) is 0.204. The van der Waals surface area contributed by atoms with Crippen molar-refractivity contribution in [3.05, 3.63) is 34.4 Å². The molecule has 2 aliphatic heterocycles. The Morgan fingerprint density at radius 2 is 2.08 bits per heavy atom. The number of ether oxygens (including phenoxy) is 2. The molecule has 1 aliphatic carbocycles. The first-order valence-corrected chi connectivity index (χ1v) is 9.49. The van der Waals surface area contributed by atoms with E-state index < -0.39 is 6.04 Å². The van der Waals surface area contributed by atoms with Gasteiger partial charge in [-0.15, -0.1) is 0 Å². The lowest BCUT2D eigenvalue weighted by Crippen LogP contribution is -2.47. The molecule has 0 bridgehead atoms. The third kappa shape index (κ3) is 2.98. The van der Waals surface area contributed by atoms with Gasteiger partial charge in [-0.3, -0.25) is 4.79 Å². The molecule has 1 aromatic carbocycles. The normalized spacial score (nSPS) is 27.1. The zero-order chi connectivity index (χ0) is 18.3. The molecule has 2 heterocycles. The maximum atomic E-state index is 13.3. The van der Waals surface area contributed by atoms with Crippen LogP contribution in [0.3, 0.4) is 0 Å². The number of methoxy groups -OCH3 is 1. The maximum absolute atomic E-state index is 13.3. The van der Waals surface area contributed by atoms with Crippen LogP contribution in [0.2, 0.25) is 5.02 Å². The van der Waals surface area contributed by atoms with Gasteiger partial charge in [-0.1, -0.05) is 24.4 Å². The second kappa shape index (κ2) is 6.95. The number of fused-ring (bicyclic) bond motifs is 2. The number of esters is 1. The largest absolute Gasteiger partial charge is 0.488 e. The molecule has 3 atom stereocenters. The monoisotopic (exact) mass is 375 g/mol. The molecular weight excluding hydrogens is 354 g/mol. The minimum absolute atomic E-state index is 0.113. The Kier molecular flexibility index (Phi) is 4.65. The highest BCUT2D eigenvalue weighted by Gasteiger charge is 2.48. The lowest BCUT2D eigenvalue weighted by molar-refractivity contribution is -0.151. The number of amides is 1. The van der Waals surface area contributed by atoms with Crippen molar-refractivity contribution in [1.82, 2.24) is 4.90 Å². The fourth-order valence-electron chi connectivity index (χ4n) is 4.54. The van der Waals surface area contributed by atoms with Gasteiger partial charge in [0.25, 0.3) is 5.91 Å². The van der Waals surface area contributed by atoms with Crippen molar-refractivity contribution in [1.29, 1.82) is 0 Å². The Bertz CT molecular complexity index is 775. The Labute approximate surface area is 157 Å². The van der Waals surface area contributed by atoms with Crippen molar-refractivity contribution < 1.29 is 19.1 Å². The van der Waals surface area contributed by atoms with Gasteiger partial charge in [0.1, 0.15) is 18.4 Å². The molecule has 3 unspecified atom stereocenters. The first-order chi connectivity index (χ1) is 12.6. The summed E-state index contributed by atoms with van der Waals surface area (Å²) < 4.78 is 10.7. The average Bonchev–Trinajstić information content (AvgIpc) is 3.05. The molecule has 6 heteroatoms. The number of nitrogens with zero attached hydrogens (tertiary/aromatic N) is 1. The van der Waals surface area contributed by atoms with E-state index in [1.165, 1.54) is 7.11 Å². The summed E-state index contributed by atoms with van der Waals surface area (Å²) in [6.07, 6.45) is 6.79. The van der Waals surface area contributed by atoms with E-state index in [0.29, 0.717) is 28.7 Å². The summed E-state index contributed by atoms with van der Waals surface area (Å²) >= 11 is 6.06. The second-order valence-corrected chi connectivity index (χ2v) is 7.68. The van der Waals surface area contributed by atoms with Crippen LogP contribution in [0.4, 0.5) is 0 Å². The lowest BCUT2D eigenvalue weighted by atomic mass is 9.84. The number of carbonyl (C=O) groups is 2. The molecule has 26 heavy (non-hydrogen) atoms. The number of carbonyl (C=O) groups excluding carboxylic acids is 2. The van der Waals surface area contributed by atoms with Crippen LogP contribution in [0.1, 0.15) is 37.7 Å².